The fraction of sp³-hybridized carbons (Fsp3) is 0.333. The monoisotopic (exact) mass is 384 g/mol. The van der Waals surface area contributed by atoms with Crippen LogP contribution >= 0.6 is 0 Å². The van der Waals surface area contributed by atoms with Gasteiger partial charge >= 0.3 is 5.97 Å². The minimum atomic E-state index is -0.970. The summed E-state index contributed by atoms with van der Waals surface area (Å²) in [4.78, 5) is 34.8. The highest BCUT2D eigenvalue weighted by Gasteiger charge is 2.21. The van der Waals surface area contributed by atoms with Crippen LogP contribution in [0.1, 0.15) is 41.8 Å². The first kappa shape index (κ1) is 21.1. The summed E-state index contributed by atoms with van der Waals surface area (Å²) in [7, 11) is 0. The third kappa shape index (κ3) is 5.90. The van der Waals surface area contributed by atoms with Gasteiger partial charge in [0.1, 0.15) is 0 Å². The lowest BCUT2D eigenvalue weighted by molar-refractivity contribution is -0.385. The maximum atomic E-state index is 12.3. The molecular weight excluding hydrogens is 360 g/mol. The summed E-state index contributed by atoms with van der Waals surface area (Å²) in [6.07, 6.45) is 0.624. The van der Waals surface area contributed by atoms with Gasteiger partial charge in [0.2, 0.25) is 0 Å². The van der Waals surface area contributed by atoms with Gasteiger partial charge in [-0.05, 0) is 51.3 Å². The van der Waals surface area contributed by atoms with Crippen molar-refractivity contribution in [3.63, 3.8) is 0 Å². The molecule has 0 radical (unpaired) electrons. The molecule has 148 valence electrons. The summed E-state index contributed by atoms with van der Waals surface area (Å²) in [6.45, 7) is 4.93. The van der Waals surface area contributed by atoms with Crippen molar-refractivity contribution >= 4 is 17.6 Å². The number of nitro groups is 1. The maximum absolute atomic E-state index is 12.3. The van der Waals surface area contributed by atoms with E-state index in [2.05, 4.69) is 5.32 Å². The second-order valence-electron chi connectivity index (χ2n) is 6.74. The molecule has 0 aliphatic heterocycles. The lowest BCUT2D eigenvalue weighted by atomic mass is 10.1. The molecule has 2 aromatic rings. The first-order valence-corrected chi connectivity index (χ1v) is 9.08. The molecule has 1 N–H and O–H groups in total. The number of amides is 1. The number of rotatable bonds is 8. The van der Waals surface area contributed by atoms with Gasteiger partial charge in [0.15, 0.2) is 6.10 Å². The molecule has 0 saturated carbocycles. The minimum absolute atomic E-state index is 0.0736. The number of hydrogen-bond acceptors (Lipinski definition) is 5. The predicted octanol–water partition coefficient (Wildman–Crippen LogP) is 3.59. The molecule has 0 aliphatic carbocycles. The molecule has 0 aromatic heterocycles. The minimum Gasteiger partial charge on any atom is -0.449 e. The van der Waals surface area contributed by atoms with E-state index in [0.29, 0.717) is 5.56 Å². The van der Waals surface area contributed by atoms with E-state index in [0.717, 1.165) is 12.8 Å². The van der Waals surface area contributed by atoms with Gasteiger partial charge in [0.05, 0.1) is 10.5 Å². The SMILES string of the molecule is Cc1cc(C(=O)O[C@@H](C)C(=O)N[C@H](C)CCc2ccccc2)ccc1[N+](=O)[O-]. The quantitative estimate of drug-likeness (QED) is 0.426. The van der Waals surface area contributed by atoms with Crippen molar-refractivity contribution in [2.45, 2.75) is 45.8 Å². The van der Waals surface area contributed by atoms with E-state index in [4.69, 9.17) is 4.74 Å². The van der Waals surface area contributed by atoms with Crippen LogP contribution < -0.4 is 5.32 Å². The molecule has 7 heteroatoms. The zero-order chi connectivity index (χ0) is 20.7. The number of benzene rings is 2. The molecule has 0 spiro atoms. The summed E-state index contributed by atoms with van der Waals surface area (Å²) >= 11 is 0. The van der Waals surface area contributed by atoms with Crippen molar-refractivity contribution in [1.29, 1.82) is 0 Å². The highest BCUT2D eigenvalue weighted by Crippen LogP contribution is 2.19. The van der Waals surface area contributed by atoms with E-state index in [9.17, 15) is 19.7 Å². The number of nitrogens with zero attached hydrogens (tertiary/aromatic N) is 1. The average molecular weight is 384 g/mol. The van der Waals surface area contributed by atoms with Crippen LogP contribution in [0.25, 0.3) is 0 Å². The zero-order valence-electron chi connectivity index (χ0n) is 16.2. The Morgan fingerprint density at radius 3 is 2.43 bits per heavy atom. The predicted molar refractivity (Wildman–Crippen MR) is 105 cm³/mol. The third-order valence-corrected chi connectivity index (χ3v) is 4.38. The average Bonchev–Trinajstić information content (AvgIpc) is 2.66. The van der Waals surface area contributed by atoms with Crippen LogP contribution in [0.4, 0.5) is 5.69 Å². The van der Waals surface area contributed by atoms with Gasteiger partial charge in [-0.3, -0.25) is 14.9 Å². The molecule has 0 aliphatic rings. The molecule has 2 rings (SSSR count). The second kappa shape index (κ2) is 9.64. The molecule has 1 amide bonds. The molecule has 7 nitrogen and oxygen atoms in total. The smallest absolute Gasteiger partial charge is 0.338 e. The number of aryl methyl sites for hydroxylation is 2. The van der Waals surface area contributed by atoms with E-state index in [1.807, 2.05) is 37.3 Å². The Bertz CT molecular complexity index is 851. The highest BCUT2D eigenvalue weighted by molar-refractivity contribution is 5.92. The molecular formula is C21H24N2O5. The Balaban J connectivity index is 1.86. The Morgan fingerprint density at radius 2 is 1.82 bits per heavy atom. The fourth-order valence-electron chi connectivity index (χ4n) is 2.73. The van der Waals surface area contributed by atoms with Crippen LogP contribution in [0.5, 0.6) is 0 Å². The Hall–Kier alpha value is -3.22. The molecule has 0 bridgehead atoms. The van der Waals surface area contributed by atoms with Crippen molar-refractivity contribution in [1.82, 2.24) is 5.32 Å². The number of hydrogen-bond donors (Lipinski definition) is 1. The second-order valence-corrected chi connectivity index (χ2v) is 6.74. The normalized spacial score (nSPS) is 12.7. The standard InChI is InChI=1S/C21H24N2O5/c1-14-13-18(11-12-19(14)23(26)27)21(25)28-16(3)20(24)22-15(2)9-10-17-7-5-4-6-8-17/h4-8,11-13,15-16H,9-10H2,1-3H3,(H,22,24)/t15-,16+/m1/s1. The number of ether oxygens (including phenoxy) is 1. The van der Waals surface area contributed by atoms with Gasteiger partial charge in [0.25, 0.3) is 11.6 Å². The lowest BCUT2D eigenvalue weighted by Crippen LogP contribution is -2.41. The summed E-state index contributed by atoms with van der Waals surface area (Å²) in [5, 5.41) is 13.7. The Kier molecular flexibility index (Phi) is 7.26. The van der Waals surface area contributed by atoms with Gasteiger partial charge in [-0.2, -0.15) is 0 Å². The van der Waals surface area contributed by atoms with Crippen molar-refractivity contribution in [2.75, 3.05) is 0 Å². The van der Waals surface area contributed by atoms with E-state index >= 15 is 0 Å². The largest absolute Gasteiger partial charge is 0.449 e. The topological polar surface area (TPSA) is 98.5 Å². The highest BCUT2D eigenvalue weighted by atomic mass is 16.6. The molecule has 0 saturated heterocycles. The van der Waals surface area contributed by atoms with Crippen LogP contribution in [-0.4, -0.2) is 28.9 Å². The third-order valence-electron chi connectivity index (χ3n) is 4.38. The maximum Gasteiger partial charge on any atom is 0.338 e. The zero-order valence-corrected chi connectivity index (χ0v) is 16.2. The number of nitro benzene ring substituents is 1. The van der Waals surface area contributed by atoms with Gasteiger partial charge in [-0.15, -0.1) is 0 Å². The van der Waals surface area contributed by atoms with Crippen molar-refractivity contribution in [2.24, 2.45) is 0 Å². The van der Waals surface area contributed by atoms with E-state index in [1.165, 1.54) is 30.7 Å². The number of esters is 1. The summed E-state index contributed by atoms with van der Waals surface area (Å²) in [5.74, 6) is -1.08. The van der Waals surface area contributed by atoms with E-state index in [1.54, 1.807) is 6.92 Å². The summed E-state index contributed by atoms with van der Waals surface area (Å²) in [6, 6.07) is 13.8. The van der Waals surface area contributed by atoms with Crippen LogP contribution in [0.15, 0.2) is 48.5 Å². The van der Waals surface area contributed by atoms with Crippen molar-refractivity contribution < 1.29 is 19.2 Å². The Morgan fingerprint density at radius 1 is 1.14 bits per heavy atom. The van der Waals surface area contributed by atoms with E-state index in [-0.39, 0.29) is 23.2 Å². The summed E-state index contributed by atoms with van der Waals surface area (Å²) < 4.78 is 5.20. The first-order valence-electron chi connectivity index (χ1n) is 9.08. The van der Waals surface area contributed by atoms with Crippen molar-refractivity contribution in [3.05, 3.63) is 75.3 Å². The van der Waals surface area contributed by atoms with Crippen molar-refractivity contribution in [3.8, 4) is 0 Å². The molecule has 2 atom stereocenters. The number of carbonyl (C=O) groups is 2. The van der Waals surface area contributed by atoms with Gasteiger partial charge in [-0.1, -0.05) is 30.3 Å². The Labute approximate surface area is 163 Å². The molecule has 0 heterocycles. The first-order chi connectivity index (χ1) is 13.3. The number of nitrogens with one attached hydrogen (secondary N) is 1. The fourth-order valence-corrected chi connectivity index (χ4v) is 2.73. The molecule has 0 unspecified atom stereocenters. The molecule has 2 aromatic carbocycles. The lowest BCUT2D eigenvalue weighted by Gasteiger charge is -2.18. The van der Waals surface area contributed by atoms with Gasteiger partial charge in [-0.25, -0.2) is 4.79 Å². The number of carbonyl (C=O) groups excluding carboxylic acids is 2. The van der Waals surface area contributed by atoms with Gasteiger partial charge < -0.3 is 10.1 Å². The van der Waals surface area contributed by atoms with Crippen LogP contribution in [-0.2, 0) is 16.0 Å². The van der Waals surface area contributed by atoms with Crippen LogP contribution in [0.2, 0.25) is 0 Å². The van der Waals surface area contributed by atoms with Crippen LogP contribution in [0, 0.1) is 17.0 Å². The molecule has 28 heavy (non-hydrogen) atoms. The molecule has 0 fully saturated rings. The van der Waals surface area contributed by atoms with Crippen LogP contribution in [0.3, 0.4) is 0 Å². The van der Waals surface area contributed by atoms with Gasteiger partial charge in [0, 0.05) is 17.7 Å². The van der Waals surface area contributed by atoms with E-state index < -0.39 is 17.0 Å². The summed E-state index contributed by atoms with van der Waals surface area (Å²) in [5.41, 5.74) is 1.64.